The summed E-state index contributed by atoms with van der Waals surface area (Å²) in [5.41, 5.74) is 4.63. The zero-order valence-corrected chi connectivity index (χ0v) is 15.6. The van der Waals surface area contributed by atoms with E-state index in [9.17, 15) is 4.79 Å². The molecular formula is C23H23NO2. The van der Waals surface area contributed by atoms with E-state index in [4.69, 9.17) is 4.74 Å². The van der Waals surface area contributed by atoms with E-state index in [1.807, 2.05) is 18.2 Å². The van der Waals surface area contributed by atoms with Crippen LogP contribution >= 0.6 is 0 Å². The number of para-hydroxylation sites is 1. The van der Waals surface area contributed by atoms with Crippen LogP contribution in [0.4, 0.5) is 0 Å². The molecule has 3 nitrogen and oxygen atoms in total. The van der Waals surface area contributed by atoms with Gasteiger partial charge in [0.2, 0.25) is 0 Å². The molecule has 2 heterocycles. The summed E-state index contributed by atoms with van der Waals surface area (Å²) in [6, 6.07) is 16.7. The monoisotopic (exact) mass is 345 g/mol. The lowest BCUT2D eigenvalue weighted by atomic mass is 9.84. The molecule has 0 radical (unpaired) electrons. The molecule has 0 N–H and O–H groups in total. The van der Waals surface area contributed by atoms with Crippen molar-refractivity contribution < 1.29 is 9.53 Å². The molecular weight excluding hydrogens is 322 g/mol. The number of fused-ring (bicyclic) bond motifs is 1. The van der Waals surface area contributed by atoms with Crippen LogP contribution in [0.5, 0.6) is 0 Å². The zero-order chi connectivity index (χ0) is 18.5. The first-order chi connectivity index (χ1) is 12.4. The Morgan fingerprint density at radius 2 is 1.73 bits per heavy atom. The van der Waals surface area contributed by atoms with Crippen molar-refractivity contribution in [2.24, 2.45) is 7.05 Å². The Morgan fingerprint density at radius 3 is 2.35 bits per heavy atom. The second kappa shape index (κ2) is 5.87. The summed E-state index contributed by atoms with van der Waals surface area (Å²) in [6.07, 6.45) is 3.44. The van der Waals surface area contributed by atoms with Gasteiger partial charge in [-0.1, -0.05) is 56.3 Å². The molecule has 0 aliphatic carbocycles. The van der Waals surface area contributed by atoms with Crippen molar-refractivity contribution in [3.05, 3.63) is 83.1 Å². The molecule has 3 aromatic rings. The van der Waals surface area contributed by atoms with E-state index in [-0.39, 0.29) is 5.97 Å². The normalized spacial score (nSPS) is 19.5. The van der Waals surface area contributed by atoms with Crippen LogP contribution in [-0.4, -0.2) is 10.5 Å². The van der Waals surface area contributed by atoms with Gasteiger partial charge in [0.15, 0.2) is 5.60 Å². The minimum atomic E-state index is -0.877. The van der Waals surface area contributed by atoms with Gasteiger partial charge in [-0.05, 0) is 30.5 Å². The first-order valence-corrected chi connectivity index (χ1v) is 9.01. The third-order valence-corrected chi connectivity index (χ3v) is 5.49. The van der Waals surface area contributed by atoms with E-state index in [1.165, 1.54) is 11.6 Å². The fourth-order valence-corrected chi connectivity index (χ4v) is 3.95. The van der Waals surface area contributed by atoms with Crippen LogP contribution in [0.1, 0.15) is 42.1 Å². The van der Waals surface area contributed by atoms with Gasteiger partial charge in [0.25, 0.3) is 0 Å². The number of esters is 1. The van der Waals surface area contributed by atoms with Crippen molar-refractivity contribution in [3.63, 3.8) is 0 Å². The largest absolute Gasteiger partial charge is 0.442 e. The number of hydrogen-bond donors (Lipinski definition) is 0. The molecule has 3 heteroatoms. The standard InChI is InChI=1S/C23H23NO2/c1-15(2)17-9-11-18(12-10-17)23(14-13-21(25)26-23)22-16(3)24(4)20-8-6-5-7-19(20)22/h5-15H,1-4H3. The molecule has 26 heavy (non-hydrogen) atoms. The molecule has 0 bridgehead atoms. The maximum Gasteiger partial charge on any atom is 0.332 e. The number of aromatic nitrogens is 1. The highest BCUT2D eigenvalue weighted by Crippen LogP contribution is 2.44. The van der Waals surface area contributed by atoms with Gasteiger partial charge >= 0.3 is 5.97 Å². The molecule has 1 aromatic heterocycles. The molecule has 0 saturated heterocycles. The summed E-state index contributed by atoms with van der Waals surface area (Å²) < 4.78 is 8.12. The lowest BCUT2D eigenvalue weighted by Gasteiger charge is -2.28. The van der Waals surface area contributed by atoms with Crippen LogP contribution in [0, 0.1) is 6.92 Å². The van der Waals surface area contributed by atoms with E-state index in [0.29, 0.717) is 5.92 Å². The number of carbonyl (C=O) groups excluding carboxylic acids is 1. The Bertz CT molecular complexity index is 1020. The number of benzene rings is 2. The molecule has 0 spiro atoms. The van der Waals surface area contributed by atoms with Gasteiger partial charge in [-0.2, -0.15) is 0 Å². The first kappa shape index (κ1) is 16.6. The van der Waals surface area contributed by atoms with Crippen molar-refractivity contribution in [2.45, 2.75) is 32.3 Å². The fourth-order valence-electron chi connectivity index (χ4n) is 3.95. The summed E-state index contributed by atoms with van der Waals surface area (Å²) >= 11 is 0. The molecule has 1 unspecified atom stereocenters. The molecule has 0 amide bonds. The van der Waals surface area contributed by atoms with Gasteiger partial charge in [-0.25, -0.2) is 4.79 Å². The maximum absolute atomic E-state index is 12.1. The van der Waals surface area contributed by atoms with Gasteiger partial charge in [0.05, 0.1) is 0 Å². The van der Waals surface area contributed by atoms with Crippen molar-refractivity contribution in [3.8, 4) is 0 Å². The van der Waals surface area contributed by atoms with E-state index in [1.54, 1.807) is 0 Å². The average Bonchev–Trinajstić information content (AvgIpc) is 3.15. The van der Waals surface area contributed by atoms with Gasteiger partial charge in [0, 0.05) is 40.8 Å². The second-order valence-electron chi connectivity index (χ2n) is 7.30. The molecule has 0 saturated carbocycles. The molecule has 1 aliphatic rings. The molecule has 1 atom stereocenters. The molecule has 0 fully saturated rings. The highest BCUT2D eigenvalue weighted by atomic mass is 16.6. The Hall–Kier alpha value is -2.81. The number of nitrogens with zero attached hydrogens (tertiary/aromatic N) is 1. The van der Waals surface area contributed by atoms with Crippen molar-refractivity contribution in [1.82, 2.24) is 4.57 Å². The Labute approximate surface area is 153 Å². The van der Waals surface area contributed by atoms with Crippen LogP contribution in [0.25, 0.3) is 10.9 Å². The number of rotatable bonds is 3. The summed E-state index contributed by atoms with van der Waals surface area (Å²) in [6.45, 7) is 6.43. The van der Waals surface area contributed by atoms with Crippen LogP contribution in [0.3, 0.4) is 0 Å². The lowest BCUT2D eigenvalue weighted by Crippen LogP contribution is -2.28. The fraction of sp³-hybridized carbons (Fsp3) is 0.261. The van der Waals surface area contributed by atoms with Crippen LogP contribution < -0.4 is 0 Å². The smallest absolute Gasteiger partial charge is 0.332 e. The molecule has 132 valence electrons. The molecule has 1 aliphatic heterocycles. The second-order valence-corrected chi connectivity index (χ2v) is 7.30. The number of ether oxygens (including phenoxy) is 1. The first-order valence-electron chi connectivity index (χ1n) is 9.01. The van der Waals surface area contributed by atoms with E-state index >= 15 is 0 Å². The number of cyclic esters (lactones) is 1. The summed E-state index contributed by atoms with van der Waals surface area (Å²) in [4.78, 5) is 12.1. The highest BCUT2D eigenvalue weighted by Gasteiger charge is 2.43. The number of carbonyl (C=O) groups is 1. The molecule has 2 aromatic carbocycles. The Morgan fingerprint density at radius 1 is 1.04 bits per heavy atom. The van der Waals surface area contributed by atoms with Crippen molar-refractivity contribution in [1.29, 1.82) is 0 Å². The van der Waals surface area contributed by atoms with Crippen LogP contribution in [0.2, 0.25) is 0 Å². The maximum atomic E-state index is 12.1. The van der Waals surface area contributed by atoms with Gasteiger partial charge < -0.3 is 9.30 Å². The minimum Gasteiger partial charge on any atom is -0.442 e. The third-order valence-electron chi connectivity index (χ3n) is 5.49. The lowest BCUT2D eigenvalue weighted by molar-refractivity contribution is -0.143. The highest BCUT2D eigenvalue weighted by molar-refractivity contribution is 5.92. The Kier molecular flexibility index (Phi) is 3.76. The van der Waals surface area contributed by atoms with E-state index < -0.39 is 5.60 Å². The predicted octanol–water partition coefficient (Wildman–Crippen LogP) is 4.97. The topological polar surface area (TPSA) is 31.2 Å². The average molecular weight is 345 g/mol. The number of hydrogen-bond acceptors (Lipinski definition) is 2. The van der Waals surface area contributed by atoms with Crippen LogP contribution in [-0.2, 0) is 22.2 Å². The zero-order valence-electron chi connectivity index (χ0n) is 15.6. The van der Waals surface area contributed by atoms with Gasteiger partial charge in [-0.3, -0.25) is 0 Å². The minimum absolute atomic E-state index is 0.301. The summed E-state index contributed by atoms with van der Waals surface area (Å²) in [7, 11) is 2.05. The van der Waals surface area contributed by atoms with Crippen LogP contribution in [0.15, 0.2) is 60.7 Å². The van der Waals surface area contributed by atoms with E-state index in [0.717, 1.165) is 27.7 Å². The third kappa shape index (κ3) is 2.31. The van der Waals surface area contributed by atoms with Crippen molar-refractivity contribution >= 4 is 16.9 Å². The van der Waals surface area contributed by atoms with Gasteiger partial charge in [-0.15, -0.1) is 0 Å². The molecule has 4 rings (SSSR count). The number of aryl methyl sites for hydroxylation is 1. The van der Waals surface area contributed by atoms with E-state index in [2.05, 4.69) is 68.8 Å². The van der Waals surface area contributed by atoms with Gasteiger partial charge in [0.1, 0.15) is 0 Å². The quantitative estimate of drug-likeness (QED) is 0.628. The summed E-state index contributed by atoms with van der Waals surface area (Å²) in [5, 5.41) is 1.11. The summed E-state index contributed by atoms with van der Waals surface area (Å²) in [5.74, 6) is 0.159. The van der Waals surface area contributed by atoms with Crippen molar-refractivity contribution in [2.75, 3.05) is 0 Å². The predicted molar refractivity (Wildman–Crippen MR) is 104 cm³/mol. The SMILES string of the molecule is Cc1c(C2(c3ccc(C(C)C)cc3)C=CC(=O)O2)c2ccccc2n1C. The Balaban J connectivity index is 1.99.